The van der Waals surface area contributed by atoms with Gasteiger partial charge >= 0.3 is 0 Å². The average molecular weight is 307 g/mol. The van der Waals surface area contributed by atoms with Crippen LogP contribution in [0.3, 0.4) is 0 Å². The van der Waals surface area contributed by atoms with E-state index in [4.69, 9.17) is 5.11 Å². The molecule has 0 aromatic carbocycles. The fourth-order valence-corrected chi connectivity index (χ4v) is 3.85. The smallest absolute Gasteiger partial charge is 0.230 e. The summed E-state index contributed by atoms with van der Waals surface area (Å²) < 4.78 is 1.82. The highest BCUT2D eigenvalue weighted by Gasteiger charge is 2.48. The Morgan fingerprint density at radius 3 is 2.82 bits per heavy atom. The fourth-order valence-electron chi connectivity index (χ4n) is 3.85. The highest BCUT2D eigenvalue weighted by atomic mass is 16.3. The van der Waals surface area contributed by atoms with E-state index in [0.717, 1.165) is 57.1 Å². The third kappa shape index (κ3) is 2.75. The lowest BCUT2D eigenvalue weighted by atomic mass is 9.78. The largest absolute Gasteiger partial charge is 0.395 e. The monoisotopic (exact) mass is 307 g/mol. The molecule has 1 N–H and O–H groups in total. The van der Waals surface area contributed by atoms with Crippen LogP contribution in [0.5, 0.6) is 0 Å². The molecule has 0 aliphatic carbocycles. The van der Waals surface area contributed by atoms with Gasteiger partial charge in [-0.25, -0.2) is 4.98 Å². The number of rotatable bonds is 4. The maximum absolute atomic E-state index is 12.8. The van der Waals surface area contributed by atoms with Crippen molar-refractivity contribution < 1.29 is 9.90 Å². The topological polar surface area (TPSA) is 74.5 Å². The van der Waals surface area contributed by atoms with Gasteiger partial charge in [0.25, 0.3) is 0 Å². The molecule has 1 aromatic heterocycles. The molecule has 22 heavy (non-hydrogen) atoms. The van der Waals surface area contributed by atoms with Gasteiger partial charge in [-0.2, -0.15) is 5.10 Å². The van der Waals surface area contributed by atoms with Crippen LogP contribution in [0.15, 0.2) is 0 Å². The first-order chi connectivity index (χ1) is 10.5. The molecule has 1 spiro atoms. The second-order valence-electron chi connectivity index (χ2n) is 6.56. The normalized spacial score (nSPS) is 26.3. The molecule has 1 atom stereocenters. The fraction of sp³-hybridized carbons (Fsp3) is 0.800. The van der Waals surface area contributed by atoms with Crippen molar-refractivity contribution in [3.63, 3.8) is 0 Å². The van der Waals surface area contributed by atoms with Gasteiger partial charge in [0.15, 0.2) is 0 Å². The molecule has 0 radical (unpaired) electrons. The summed E-state index contributed by atoms with van der Waals surface area (Å²) in [6.45, 7) is 5.64. The zero-order valence-electron chi connectivity index (χ0n) is 13.5. The molecule has 2 aliphatic heterocycles. The van der Waals surface area contributed by atoms with Crippen molar-refractivity contribution in [1.82, 2.24) is 24.6 Å². The van der Waals surface area contributed by atoms with Gasteiger partial charge in [0, 0.05) is 26.7 Å². The van der Waals surface area contributed by atoms with Gasteiger partial charge in [0.1, 0.15) is 11.6 Å². The second-order valence-corrected chi connectivity index (χ2v) is 6.56. The number of likely N-dealkylation sites (tertiary alicyclic amines) is 2. The number of carbonyl (C=O) groups is 1. The number of hydrogen-bond acceptors (Lipinski definition) is 5. The zero-order chi connectivity index (χ0) is 15.7. The van der Waals surface area contributed by atoms with Crippen molar-refractivity contribution in [3.8, 4) is 0 Å². The number of aliphatic hydroxyl groups excluding tert-OH is 1. The number of aryl methyl sites for hydroxylation is 2. The van der Waals surface area contributed by atoms with Crippen LogP contribution in [0.2, 0.25) is 0 Å². The van der Waals surface area contributed by atoms with E-state index in [0.29, 0.717) is 6.54 Å². The van der Waals surface area contributed by atoms with Gasteiger partial charge < -0.3 is 10.0 Å². The molecule has 1 aromatic rings. The Balaban J connectivity index is 1.68. The summed E-state index contributed by atoms with van der Waals surface area (Å²) in [5.74, 6) is 1.96. The van der Waals surface area contributed by atoms with E-state index in [2.05, 4.69) is 15.0 Å². The highest BCUT2D eigenvalue weighted by Crippen LogP contribution is 2.40. The lowest BCUT2D eigenvalue weighted by molar-refractivity contribution is -0.146. The summed E-state index contributed by atoms with van der Waals surface area (Å²) in [6.07, 6.45) is 2.90. The van der Waals surface area contributed by atoms with Crippen molar-refractivity contribution in [2.75, 3.05) is 32.8 Å². The number of β-amino-alcohol motifs (C(OH)–C–C–N with tert-alkyl or cyclic N) is 1. The van der Waals surface area contributed by atoms with E-state index >= 15 is 0 Å². The first kappa shape index (κ1) is 15.4. The summed E-state index contributed by atoms with van der Waals surface area (Å²) in [4.78, 5) is 21.4. The van der Waals surface area contributed by atoms with E-state index in [9.17, 15) is 4.79 Å². The SMILES string of the molecule is Cc1nc(CN2CC[C@@]3(CCCN(CCO)C3=O)C2)n(C)n1. The van der Waals surface area contributed by atoms with E-state index in [1.165, 1.54) is 0 Å². The van der Waals surface area contributed by atoms with Crippen LogP contribution in [0.1, 0.15) is 30.9 Å². The van der Waals surface area contributed by atoms with Crippen molar-refractivity contribution in [3.05, 3.63) is 11.6 Å². The molecule has 0 unspecified atom stereocenters. The van der Waals surface area contributed by atoms with Crippen LogP contribution in [0.4, 0.5) is 0 Å². The molecule has 7 nitrogen and oxygen atoms in total. The molecule has 0 bridgehead atoms. The first-order valence-electron chi connectivity index (χ1n) is 8.03. The number of piperidine rings is 1. The first-order valence-corrected chi connectivity index (χ1v) is 8.03. The molecule has 3 rings (SSSR count). The molecule has 7 heteroatoms. The molecule has 2 saturated heterocycles. The molecule has 0 saturated carbocycles. The Bertz CT molecular complexity index is 556. The minimum absolute atomic E-state index is 0.0454. The Labute approximate surface area is 130 Å². The summed E-state index contributed by atoms with van der Waals surface area (Å²) in [5.41, 5.74) is -0.249. The molecule has 122 valence electrons. The minimum Gasteiger partial charge on any atom is -0.395 e. The zero-order valence-corrected chi connectivity index (χ0v) is 13.5. The van der Waals surface area contributed by atoms with Crippen LogP contribution in [0.25, 0.3) is 0 Å². The summed E-state index contributed by atoms with van der Waals surface area (Å²) in [6, 6.07) is 0. The highest BCUT2D eigenvalue weighted by molar-refractivity contribution is 5.84. The lowest BCUT2D eigenvalue weighted by Crippen LogP contribution is -2.50. The molecule has 1 amide bonds. The Hall–Kier alpha value is -1.47. The van der Waals surface area contributed by atoms with Crippen molar-refractivity contribution >= 4 is 5.91 Å². The van der Waals surface area contributed by atoms with Crippen molar-refractivity contribution in [2.45, 2.75) is 32.7 Å². The van der Waals surface area contributed by atoms with Crippen LogP contribution in [-0.4, -0.2) is 68.4 Å². The van der Waals surface area contributed by atoms with E-state index < -0.39 is 0 Å². The predicted octanol–water partition coefficient (Wildman–Crippen LogP) is -0.0697. The van der Waals surface area contributed by atoms with Crippen molar-refractivity contribution in [1.29, 1.82) is 0 Å². The molecule has 2 aliphatic rings. The van der Waals surface area contributed by atoms with Gasteiger partial charge in [-0.3, -0.25) is 14.4 Å². The van der Waals surface area contributed by atoms with Crippen LogP contribution in [0, 0.1) is 12.3 Å². The van der Waals surface area contributed by atoms with Gasteiger partial charge in [-0.05, 0) is 32.7 Å². The summed E-state index contributed by atoms with van der Waals surface area (Å²) in [5, 5.41) is 13.4. The number of amides is 1. The van der Waals surface area contributed by atoms with Gasteiger partial charge in [0.2, 0.25) is 5.91 Å². The number of hydrogen-bond donors (Lipinski definition) is 1. The van der Waals surface area contributed by atoms with E-state index in [-0.39, 0.29) is 17.9 Å². The maximum atomic E-state index is 12.8. The Kier molecular flexibility index (Phi) is 4.18. The molecular weight excluding hydrogens is 282 g/mol. The van der Waals surface area contributed by atoms with Gasteiger partial charge in [0.05, 0.1) is 18.6 Å². The summed E-state index contributed by atoms with van der Waals surface area (Å²) in [7, 11) is 1.91. The Morgan fingerprint density at radius 2 is 2.14 bits per heavy atom. The average Bonchev–Trinajstić information content (AvgIpc) is 3.01. The quantitative estimate of drug-likeness (QED) is 0.843. The van der Waals surface area contributed by atoms with Crippen LogP contribution in [-0.2, 0) is 18.4 Å². The van der Waals surface area contributed by atoms with E-state index in [1.807, 2.05) is 23.6 Å². The third-order valence-electron chi connectivity index (χ3n) is 4.95. The molecule has 2 fully saturated rings. The standard InChI is InChI=1S/C15H25N5O2/c1-12-16-13(18(2)17-12)10-19-7-5-15(11-19)4-3-6-20(8-9-21)14(15)22/h21H,3-11H2,1-2H3/t15-/m0/s1. The lowest BCUT2D eigenvalue weighted by Gasteiger charge is -2.39. The maximum Gasteiger partial charge on any atom is 0.230 e. The van der Waals surface area contributed by atoms with Crippen LogP contribution >= 0.6 is 0 Å². The predicted molar refractivity (Wildman–Crippen MR) is 81.0 cm³/mol. The molecule has 3 heterocycles. The third-order valence-corrected chi connectivity index (χ3v) is 4.95. The molecular formula is C15H25N5O2. The number of aromatic nitrogens is 3. The number of aliphatic hydroxyl groups is 1. The number of nitrogens with zero attached hydrogens (tertiary/aromatic N) is 5. The van der Waals surface area contributed by atoms with E-state index in [1.54, 1.807) is 0 Å². The second kappa shape index (κ2) is 5.96. The summed E-state index contributed by atoms with van der Waals surface area (Å²) >= 11 is 0. The Morgan fingerprint density at radius 1 is 1.32 bits per heavy atom. The van der Waals surface area contributed by atoms with Gasteiger partial charge in [-0.1, -0.05) is 0 Å². The van der Waals surface area contributed by atoms with Gasteiger partial charge in [-0.15, -0.1) is 0 Å². The van der Waals surface area contributed by atoms with Crippen molar-refractivity contribution in [2.24, 2.45) is 12.5 Å². The van der Waals surface area contributed by atoms with Crippen LogP contribution < -0.4 is 0 Å². The number of carbonyl (C=O) groups excluding carboxylic acids is 1. The minimum atomic E-state index is -0.249.